The Hall–Kier alpha value is -3.38. The van der Waals surface area contributed by atoms with Crippen LogP contribution in [0.2, 0.25) is 0 Å². The van der Waals surface area contributed by atoms with Crippen molar-refractivity contribution >= 4 is 17.7 Å². The third-order valence-corrected chi connectivity index (χ3v) is 7.12. The number of nitrogens with one attached hydrogen (secondary N) is 1. The summed E-state index contributed by atoms with van der Waals surface area (Å²) in [6.07, 6.45) is 1.07. The van der Waals surface area contributed by atoms with Gasteiger partial charge in [0.15, 0.2) is 5.16 Å². The molecule has 3 aromatic carbocycles. The van der Waals surface area contributed by atoms with E-state index < -0.39 is 0 Å². The fourth-order valence-electron chi connectivity index (χ4n) is 4.28. The molecule has 1 amide bonds. The normalized spacial score (nSPS) is 12.9. The van der Waals surface area contributed by atoms with E-state index in [2.05, 4.69) is 65.1 Å². The molecular weight excluding hydrogens is 464 g/mol. The molecule has 0 fully saturated rings. The highest BCUT2D eigenvalue weighted by molar-refractivity contribution is 7.99. The largest absolute Gasteiger partial charge is 0.349 e. The first kappa shape index (κ1) is 25.7. The molecule has 186 valence electrons. The Kier molecular flexibility index (Phi) is 8.60. The average Bonchev–Trinajstić information content (AvgIpc) is 3.32. The quantitative estimate of drug-likeness (QED) is 0.251. The fraction of sp³-hybridized carbons (Fsp3) is 0.300. The minimum atomic E-state index is -0.0551. The molecule has 2 atom stereocenters. The van der Waals surface area contributed by atoms with Crippen molar-refractivity contribution in [3.8, 4) is 5.69 Å². The van der Waals surface area contributed by atoms with Crippen LogP contribution in [0, 0.1) is 5.92 Å². The Balaban J connectivity index is 1.53. The minimum Gasteiger partial charge on any atom is -0.349 e. The number of hydrogen-bond donors (Lipinski definition) is 1. The van der Waals surface area contributed by atoms with Gasteiger partial charge in [-0.3, -0.25) is 9.36 Å². The first-order chi connectivity index (χ1) is 17.4. The van der Waals surface area contributed by atoms with E-state index in [1.54, 1.807) is 0 Å². The van der Waals surface area contributed by atoms with Crippen LogP contribution in [0.15, 0.2) is 90.1 Å². The number of amides is 1. The van der Waals surface area contributed by atoms with Gasteiger partial charge in [0.2, 0.25) is 5.91 Å². The molecule has 6 heteroatoms. The number of aromatic nitrogens is 3. The van der Waals surface area contributed by atoms with E-state index in [-0.39, 0.29) is 23.6 Å². The molecule has 0 aliphatic rings. The van der Waals surface area contributed by atoms with Crippen LogP contribution < -0.4 is 5.32 Å². The number of carbonyl (C=O) groups is 1. The van der Waals surface area contributed by atoms with Gasteiger partial charge in [-0.25, -0.2) is 0 Å². The molecule has 1 N–H and O–H groups in total. The zero-order chi connectivity index (χ0) is 25.5. The highest BCUT2D eigenvalue weighted by Gasteiger charge is 2.22. The molecule has 0 radical (unpaired) electrons. The maximum absolute atomic E-state index is 12.7. The van der Waals surface area contributed by atoms with Crippen molar-refractivity contribution in [1.82, 2.24) is 20.1 Å². The number of hydrogen-bond acceptors (Lipinski definition) is 4. The molecule has 4 aromatic rings. The van der Waals surface area contributed by atoms with Gasteiger partial charge in [0.25, 0.3) is 0 Å². The number of thioether (sulfide) groups is 1. The zero-order valence-electron chi connectivity index (χ0n) is 21.4. The lowest BCUT2D eigenvalue weighted by atomic mass is 9.96. The topological polar surface area (TPSA) is 59.8 Å². The Morgan fingerprint density at radius 2 is 1.47 bits per heavy atom. The molecule has 0 aliphatic heterocycles. The van der Waals surface area contributed by atoms with Crippen molar-refractivity contribution in [2.75, 3.05) is 5.75 Å². The summed E-state index contributed by atoms with van der Waals surface area (Å²) < 4.78 is 2.07. The lowest BCUT2D eigenvalue weighted by Gasteiger charge is -2.16. The van der Waals surface area contributed by atoms with Crippen molar-refractivity contribution < 1.29 is 4.79 Å². The van der Waals surface area contributed by atoms with Gasteiger partial charge in [-0.2, -0.15) is 0 Å². The van der Waals surface area contributed by atoms with Gasteiger partial charge in [-0.05, 0) is 48.1 Å². The van der Waals surface area contributed by atoms with E-state index in [0.29, 0.717) is 11.1 Å². The maximum atomic E-state index is 12.7. The molecule has 36 heavy (non-hydrogen) atoms. The summed E-state index contributed by atoms with van der Waals surface area (Å²) in [6, 6.07) is 28.8. The number of nitrogens with zero attached hydrogens (tertiary/aromatic N) is 3. The SMILES string of the molecule is CC(C)Cc1ccc([C@@H](C)c2nnc(SCC(=O)N[C@@H](C)c3ccccc3)n2-c2ccccc2)cc1. The van der Waals surface area contributed by atoms with Crippen molar-refractivity contribution in [1.29, 1.82) is 0 Å². The summed E-state index contributed by atoms with van der Waals surface area (Å²) in [5.74, 6) is 1.77. The van der Waals surface area contributed by atoms with Crippen LogP contribution in [0.4, 0.5) is 0 Å². The Morgan fingerprint density at radius 3 is 2.11 bits per heavy atom. The van der Waals surface area contributed by atoms with Gasteiger partial charge >= 0.3 is 0 Å². The zero-order valence-corrected chi connectivity index (χ0v) is 22.2. The molecular formula is C30H34N4OS. The van der Waals surface area contributed by atoms with E-state index >= 15 is 0 Å². The van der Waals surface area contributed by atoms with Gasteiger partial charge in [0.1, 0.15) is 5.82 Å². The molecule has 0 bridgehead atoms. The Bertz CT molecular complexity index is 1250. The lowest BCUT2D eigenvalue weighted by Crippen LogP contribution is -2.28. The first-order valence-electron chi connectivity index (χ1n) is 12.5. The molecule has 0 unspecified atom stereocenters. The molecule has 0 saturated carbocycles. The molecule has 0 saturated heterocycles. The molecule has 5 nitrogen and oxygen atoms in total. The van der Waals surface area contributed by atoms with Crippen LogP contribution in [0.25, 0.3) is 5.69 Å². The Morgan fingerprint density at radius 1 is 0.833 bits per heavy atom. The van der Waals surface area contributed by atoms with Crippen molar-refractivity contribution in [3.05, 3.63) is 107 Å². The molecule has 1 heterocycles. The van der Waals surface area contributed by atoms with E-state index in [1.165, 1.54) is 22.9 Å². The summed E-state index contributed by atoms with van der Waals surface area (Å²) in [5, 5.41) is 12.9. The van der Waals surface area contributed by atoms with Gasteiger partial charge < -0.3 is 5.32 Å². The van der Waals surface area contributed by atoms with Crippen molar-refractivity contribution in [2.24, 2.45) is 5.92 Å². The number of benzene rings is 3. The predicted octanol–water partition coefficient (Wildman–Crippen LogP) is 6.59. The van der Waals surface area contributed by atoms with Crippen LogP contribution in [0.5, 0.6) is 0 Å². The first-order valence-corrected chi connectivity index (χ1v) is 13.5. The third-order valence-electron chi connectivity index (χ3n) is 6.19. The van der Waals surface area contributed by atoms with Crippen molar-refractivity contribution in [3.63, 3.8) is 0 Å². The van der Waals surface area contributed by atoms with Gasteiger partial charge in [0, 0.05) is 11.6 Å². The van der Waals surface area contributed by atoms with E-state index in [9.17, 15) is 4.79 Å². The van der Waals surface area contributed by atoms with Crippen molar-refractivity contribution in [2.45, 2.75) is 51.2 Å². The molecule has 4 rings (SSSR count). The summed E-state index contributed by atoms with van der Waals surface area (Å²) >= 11 is 1.41. The number of rotatable bonds is 10. The van der Waals surface area contributed by atoms with Crippen LogP contribution in [-0.2, 0) is 11.2 Å². The van der Waals surface area contributed by atoms with Crippen LogP contribution in [0.1, 0.15) is 62.2 Å². The second-order valence-corrected chi connectivity index (χ2v) is 10.5. The highest BCUT2D eigenvalue weighted by Crippen LogP contribution is 2.30. The van der Waals surface area contributed by atoms with E-state index in [0.717, 1.165) is 23.5 Å². The van der Waals surface area contributed by atoms with E-state index in [4.69, 9.17) is 0 Å². The highest BCUT2D eigenvalue weighted by atomic mass is 32.2. The van der Waals surface area contributed by atoms with Gasteiger partial charge in [-0.1, -0.05) is 105 Å². The van der Waals surface area contributed by atoms with Crippen LogP contribution >= 0.6 is 11.8 Å². The minimum absolute atomic E-state index is 0.0331. The monoisotopic (exact) mass is 498 g/mol. The third kappa shape index (κ3) is 6.43. The summed E-state index contributed by atoms with van der Waals surface area (Å²) in [4.78, 5) is 12.7. The summed E-state index contributed by atoms with van der Waals surface area (Å²) in [5.41, 5.74) is 4.61. The standard InChI is InChI=1S/C30H34N4OS/c1-21(2)19-24-15-17-25(18-16-24)22(3)29-32-33-30(34(29)27-13-9-6-10-14-27)36-20-28(35)31-23(4)26-11-7-5-8-12-26/h5-18,21-23H,19-20H2,1-4H3,(H,31,35)/t22-,23+/m1/s1. The Labute approximate surface area is 218 Å². The fourth-order valence-corrected chi connectivity index (χ4v) is 5.05. The predicted molar refractivity (Wildman–Crippen MR) is 148 cm³/mol. The average molecular weight is 499 g/mol. The lowest BCUT2D eigenvalue weighted by molar-refractivity contribution is -0.119. The second-order valence-electron chi connectivity index (χ2n) is 9.56. The smallest absolute Gasteiger partial charge is 0.230 e. The number of carbonyl (C=O) groups excluding carboxylic acids is 1. The number of para-hydroxylation sites is 1. The van der Waals surface area contributed by atoms with E-state index in [1.807, 2.05) is 67.6 Å². The van der Waals surface area contributed by atoms with Gasteiger partial charge in [0.05, 0.1) is 11.8 Å². The molecule has 0 aliphatic carbocycles. The van der Waals surface area contributed by atoms with Gasteiger partial charge in [-0.15, -0.1) is 10.2 Å². The maximum Gasteiger partial charge on any atom is 0.230 e. The van der Waals surface area contributed by atoms with Crippen LogP contribution in [0.3, 0.4) is 0 Å². The summed E-state index contributed by atoms with van der Waals surface area (Å²) in [7, 11) is 0. The summed E-state index contributed by atoms with van der Waals surface area (Å²) in [6.45, 7) is 8.63. The molecule has 0 spiro atoms. The second kappa shape index (κ2) is 12.0. The molecule has 1 aromatic heterocycles. The van der Waals surface area contributed by atoms with Crippen LogP contribution in [-0.4, -0.2) is 26.4 Å².